The van der Waals surface area contributed by atoms with Crippen molar-refractivity contribution in [1.29, 1.82) is 0 Å². The van der Waals surface area contributed by atoms with Crippen LogP contribution in [-0.4, -0.2) is 47.7 Å². The van der Waals surface area contributed by atoms with Crippen LogP contribution in [0.4, 0.5) is 0 Å². The standard InChI is InChI=1S/C13H21N2P/c1-4-12-16(3,13-6-7-13)15-10-8-14(5-2)9-11-15/h5,12H,1-2,6-11H2,3H3. The monoisotopic (exact) mass is 236 g/mol. The van der Waals surface area contributed by atoms with Gasteiger partial charge >= 0.3 is 0 Å². The minimum absolute atomic E-state index is 1.11. The van der Waals surface area contributed by atoms with E-state index in [2.05, 4.69) is 40.9 Å². The number of rotatable bonds is 3. The first-order valence-corrected chi connectivity index (χ1v) is 8.17. The van der Waals surface area contributed by atoms with Crippen molar-refractivity contribution < 1.29 is 0 Å². The van der Waals surface area contributed by atoms with Gasteiger partial charge in [-0.2, -0.15) is 0 Å². The summed E-state index contributed by atoms with van der Waals surface area (Å²) < 4.78 is 2.66. The summed E-state index contributed by atoms with van der Waals surface area (Å²) in [5, 5.41) is 1.75. The Labute approximate surface area is 99.0 Å². The summed E-state index contributed by atoms with van der Waals surface area (Å²) in [4.78, 5) is 2.30. The average molecular weight is 236 g/mol. The van der Waals surface area contributed by atoms with Crippen molar-refractivity contribution in [3.63, 3.8) is 0 Å². The predicted molar refractivity (Wildman–Crippen MR) is 74.1 cm³/mol. The van der Waals surface area contributed by atoms with Gasteiger partial charge in [0.25, 0.3) is 0 Å². The summed E-state index contributed by atoms with van der Waals surface area (Å²) in [6.07, 6.45) is 4.61. The van der Waals surface area contributed by atoms with E-state index < -0.39 is 7.04 Å². The lowest BCUT2D eigenvalue weighted by atomic mass is 10.4. The first-order valence-electron chi connectivity index (χ1n) is 5.91. The fraction of sp³-hybridized carbons (Fsp3) is 0.538. The molecule has 0 radical (unpaired) electrons. The zero-order valence-corrected chi connectivity index (χ0v) is 11.0. The van der Waals surface area contributed by atoms with Crippen molar-refractivity contribution in [2.75, 3.05) is 32.8 Å². The molecule has 2 aliphatic rings. The molecular formula is C13H21N2P. The van der Waals surface area contributed by atoms with E-state index in [0.717, 1.165) is 26.2 Å². The summed E-state index contributed by atoms with van der Waals surface area (Å²) in [6.45, 7) is 14.5. The number of hydrogen-bond acceptors (Lipinski definition) is 2. The molecule has 0 aromatic heterocycles. The quantitative estimate of drug-likeness (QED) is 0.549. The Hall–Kier alpha value is -0.680. The summed E-state index contributed by atoms with van der Waals surface area (Å²) in [5.41, 5.74) is 3.03. The van der Waals surface area contributed by atoms with Gasteiger partial charge in [-0.15, -0.1) is 5.73 Å². The van der Waals surface area contributed by atoms with Gasteiger partial charge in [-0.3, -0.25) is 4.67 Å². The van der Waals surface area contributed by atoms with Crippen molar-refractivity contribution in [3.05, 3.63) is 30.9 Å². The highest BCUT2D eigenvalue weighted by Gasteiger charge is 2.30. The molecule has 0 bridgehead atoms. The van der Waals surface area contributed by atoms with Crippen LogP contribution in [0.3, 0.4) is 0 Å². The van der Waals surface area contributed by atoms with Crippen LogP contribution in [0.15, 0.2) is 30.9 Å². The van der Waals surface area contributed by atoms with Gasteiger partial charge in [-0.1, -0.05) is 18.5 Å². The van der Waals surface area contributed by atoms with E-state index in [-0.39, 0.29) is 0 Å². The second-order valence-electron chi connectivity index (χ2n) is 4.60. The summed E-state index contributed by atoms with van der Waals surface area (Å²) in [6, 6.07) is 0. The van der Waals surface area contributed by atoms with Crippen LogP contribution in [-0.2, 0) is 0 Å². The van der Waals surface area contributed by atoms with E-state index in [9.17, 15) is 0 Å². The molecule has 1 unspecified atom stereocenters. The third-order valence-electron chi connectivity index (χ3n) is 3.59. The van der Waals surface area contributed by atoms with Crippen molar-refractivity contribution in [3.8, 4) is 0 Å². The van der Waals surface area contributed by atoms with Crippen LogP contribution < -0.4 is 0 Å². The molecule has 0 amide bonds. The van der Waals surface area contributed by atoms with Gasteiger partial charge in [0.05, 0.1) is 0 Å². The molecule has 1 aliphatic heterocycles. The maximum Gasteiger partial charge on any atom is 0.0304 e. The zero-order chi connectivity index (χ0) is 11.6. The molecule has 1 aliphatic carbocycles. The third kappa shape index (κ3) is 2.20. The molecule has 1 saturated carbocycles. The van der Waals surface area contributed by atoms with Crippen LogP contribution in [0.5, 0.6) is 0 Å². The Bertz CT molecular complexity index is 377. The molecule has 2 rings (SSSR count). The average Bonchev–Trinajstić information content (AvgIpc) is 3.13. The molecule has 1 heterocycles. The summed E-state index contributed by atoms with van der Waals surface area (Å²) in [7, 11) is -1.15. The maximum atomic E-state index is 3.84. The third-order valence-corrected chi connectivity index (χ3v) is 7.58. The van der Waals surface area contributed by atoms with Gasteiger partial charge in [0.15, 0.2) is 0 Å². The lowest BCUT2D eigenvalue weighted by Crippen LogP contribution is -2.42. The van der Waals surface area contributed by atoms with Crippen molar-refractivity contribution in [2.24, 2.45) is 0 Å². The number of piperazine rings is 1. The molecule has 2 fully saturated rings. The number of hydrogen-bond donors (Lipinski definition) is 0. The van der Waals surface area contributed by atoms with Crippen LogP contribution >= 0.6 is 7.04 Å². The zero-order valence-electron chi connectivity index (χ0n) is 10.2. The molecule has 16 heavy (non-hydrogen) atoms. The molecule has 0 aromatic rings. The molecular weight excluding hydrogens is 215 g/mol. The summed E-state index contributed by atoms with van der Waals surface area (Å²) >= 11 is 0. The first kappa shape index (κ1) is 11.8. The SMILES string of the molecule is C=C=CP(C)(=C1CC1)N1CCN(C=C)CC1. The molecule has 3 heteroatoms. The maximum absolute atomic E-state index is 3.84. The van der Waals surface area contributed by atoms with Crippen molar-refractivity contribution >= 4 is 12.3 Å². The molecule has 88 valence electrons. The highest BCUT2D eigenvalue weighted by atomic mass is 31.2. The van der Waals surface area contributed by atoms with Gasteiger partial charge in [-0.25, -0.2) is 0 Å². The van der Waals surface area contributed by atoms with Gasteiger partial charge in [0.1, 0.15) is 0 Å². The fourth-order valence-corrected chi connectivity index (χ4v) is 5.50. The second-order valence-corrected chi connectivity index (χ2v) is 8.11. The Balaban J connectivity index is 2.16. The predicted octanol–water partition coefficient (Wildman–Crippen LogP) is 2.57. The van der Waals surface area contributed by atoms with E-state index >= 15 is 0 Å². The highest BCUT2D eigenvalue weighted by molar-refractivity contribution is 7.76. The van der Waals surface area contributed by atoms with Crippen LogP contribution in [0.25, 0.3) is 0 Å². The molecule has 1 atom stereocenters. The topological polar surface area (TPSA) is 6.48 Å². The minimum atomic E-state index is -1.15. The molecule has 1 saturated heterocycles. The van der Waals surface area contributed by atoms with E-state index in [1.54, 1.807) is 5.29 Å². The van der Waals surface area contributed by atoms with Crippen LogP contribution in [0.2, 0.25) is 0 Å². The van der Waals surface area contributed by atoms with E-state index in [1.807, 2.05) is 6.20 Å². The Morgan fingerprint density at radius 3 is 2.31 bits per heavy atom. The Kier molecular flexibility index (Phi) is 3.44. The molecule has 0 N–H and O–H groups in total. The van der Waals surface area contributed by atoms with Crippen LogP contribution in [0.1, 0.15) is 12.8 Å². The van der Waals surface area contributed by atoms with E-state index in [1.165, 1.54) is 12.8 Å². The lowest BCUT2D eigenvalue weighted by Gasteiger charge is -2.40. The molecule has 0 aromatic carbocycles. The van der Waals surface area contributed by atoms with Gasteiger partial charge < -0.3 is 4.90 Å². The van der Waals surface area contributed by atoms with Crippen LogP contribution in [0, 0.1) is 0 Å². The lowest BCUT2D eigenvalue weighted by molar-refractivity contribution is 0.253. The van der Waals surface area contributed by atoms with Gasteiger partial charge in [0, 0.05) is 26.2 Å². The largest absolute Gasteiger partial charge is 0.375 e. The second kappa shape index (κ2) is 4.67. The molecule has 2 nitrogen and oxygen atoms in total. The van der Waals surface area contributed by atoms with Gasteiger partial charge in [-0.05, 0) is 38.6 Å². The van der Waals surface area contributed by atoms with Crippen molar-refractivity contribution in [2.45, 2.75) is 12.8 Å². The first-order chi connectivity index (χ1) is 7.70. The number of nitrogens with zero attached hydrogens (tertiary/aromatic N) is 2. The smallest absolute Gasteiger partial charge is 0.0304 e. The summed E-state index contributed by atoms with van der Waals surface area (Å²) in [5.74, 6) is 2.25. The van der Waals surface area contributed by atoms with E-state index in [0.29, 0.717) is 0 Å². The van der Waals surface area contributed by atoms with E-state index in [4.69, 9.17) is 0 Å². The minimum Gasteiger partial charge on any atom is -0.375 e. The molecule has 0 spiro atoms. The normalized spacial score (nSPS) is 24.6. The van der Waals surface area contributed by atoms with Gasteiger partial charge in [0.2, 0.25) is 0 Å². The highest BCUT2D eigenvalue weighted by Crippen LogP contribution is 2.56. The Morgan fingerprint density at radius 2 is 1.88 bits per heavy atom. The fourth-order valence-electron chi connectivity index (χ4n) is 2.37. The van der Waals surface area contributed by atoms with Crippen molar-refractivity contribution in [1.82, 2.24) is 9.57 Å². The Morgan fingerprint density at radius 1 is 1.25 bits per heavy atom.